The number of rotatable bonds is 13. The van der Waals surface area contributed by atoms with Gasteiger partial charge in [0.05, 0.1) is 12.4 Å². The number of carbonyl (C=O) groups is 2. The van der Waals surface area contributed by atoms with E-state index in [-0.39, 0.29) is 24.6 Å². The zero-order chi connectivity index (χ0) is 25.1. The van der Waals surface area contributed by atoms with Crippen LogP contribution in [0, 0.1) is 5.41 Å². The molecule has 2 aromatic rings. The second kappa shape index (κ2) is 12.6. The van der Waals surface area contributed by atoms with Crippen LogP contribution < -0.4 is 21.1 Å². The molecule has 0 saturated carbocycles. The van der Waals surface area contributed by atoms with Gasteiger partial charge in [0.1, 0.15) is 17.9 Å². The highest BCUT2D eigenvalue weighted by Crippen LogP contribution is 2.06. The predicted octanol–water partition coefficient (Wildman–Crippen LogP) is 0.128. The second-order valence-electron chi connectivity index (χ2n) is 7.51. The van der Waals surface area contributed by atoms with E-state index in [2.05, 4.69) is 21.9 Å². The average Bonchev–Trinajstić information content (AvgIpc) is 2.81. The van der Waals surface area contributed by atoms with Gasteiger partial charge in [0, 0.05) is 12.1 Å². The number of nitrogens with two attached hydrogens (primary N) is 1. The molecule has 0 saturated heterocycles. The summed E-state index contributed by atoms with van der Waals surface area (Å²) in [6.45, 7) is 2.96. The van der Waals surface area contributed by atoms with Gasteiger partial charge < -0.3 is 21.5 Å². The van der Waals surface area contributed by atoms with Crippen molar-refractivity contribution in [3.05, 3.63) is 83.9 Å². The molecule has 0 bridgehead atoms. The summed E-state index contributed by atoms with van der Waals surface area (Å²) in [5.41, 5.74) is 7.25. The molecular weight excluding hydrogens is 458 g/mol. The Morgan fingerprint density at radius 2 is 1.68 bits per heavy atom. The molecule has 11 heteroatoms. The lowest BCUT2D eigenvalue weighted by atomic mass is 10.1. The number of nitrogen functional groups attached to an aromatic ring is 1. The summed E-state index contributed by atoms with van der Waals surface area (Å²) in [5, 5.41) is 22.1. The Bertz CT molecular complexity index is 1100. The van der Waals surface area contributed by atoms with Crippen molar-refractivity contribution in [3.8, 4) is 0 Å². The van der Waals surface area contributed by atoms with Gasteiger partial charge in [0.25, 0.3) is 0 Å². The number of amides is 2. The van der Waals surface area contributed by atoms with E-state index in [9.17, 15) is 23.1 Å². The average molecular weight is 488 g/mol. The predicted molar refractivity (Wildman–Crippen MR) is 129 cm³/mol. The Balaban J connectivity index is 1.98. The van der Waals surface area contributed by atoms with Gasteiger partial charge in [-0.15, -0.1) is 6.58 Å². The van der Waals surface area contributed by atoms with Crippen LogP contribution in [-0.2, 0) is 31.9 Å². The minimum absolute atomic E-state index is 0.0674. The Labute approximate surface area is 198 Å². The first-order valence-corrected chi connectivity index (χ1v) is 12.1. The van der Waals surface area contributed by atoms with Gasteiger partial charge in [0.2, 0.25) is 21.8 Å². The van der Waals surface area contributed by atoms with Gasteiger partial charge in [0.15, 0.2) is 0 Å². The Kier molecular flexibility index (Phi) is 9.92. The lowest BCUT2D eigenvalue weighted by Gasteiger charge is -2.21. The van der Waals surface area contributed by atoms with Crippen molar-refractivity contribution in [2.45, 2.75) is 30.8 Å². The second-order valence-corrected chi connectivity index (χ2v) is 9.27. The van der Waals surface area contributed by atoms with Crippen molar-refractivity contribution in [2.24, 2.45) is 5.73 Å². The fourth-order valence-electron chi connectivity index (χ4n) is 3.01. The van der Waals surface area contributed by atoms with Crippen LogP contribution >= 0.6 is 0 Å². The number of nitrogens with one attached hydrogen (secondary N) is 4. The molecule has 0 fully saturated rings. The maximum atomic E-state index is 12.6. The number of aliphatic hydroxyl groups excluding tert-OH is 1. The lowest BCUT2D eigenvalue weighted by molar-refractivity contribution is -0.130. The smallest absolute Gasteiger partial charge is 0.243 e. The fraction of sp³-hybridized carbons (Fsp3) is 0.261. The molecule has 0 unspecified atom stereocenters. The number of sulfonamides is 1. The first kappa shape index (κ1) is 26.7. The third-order valence-electron chi connectivity index (χ3n) is 4.79. The minimum atomic E-state index is -3.93. The van der Waals surface area contributed by atoms with Gasteiger partial charge in [-0.2, -0.15) is 0 Å². The van der Waals surface area contributed by atoms with Crippen LogP contribution in [0.3, 0.4) is 0 Å². The standard InChI is InChI=1S/C23H29N5O5S/c1-2-6-19(22(30)26-13-16-9-11-18(12-10-16)21(24)25)27-23(31)20(14-29)28-34(32,33)15-17-7-4-3-5-8-17/h2-5,7-12,19-20,28-29H,1,6,13-15H2,(H3,24,25)(H,26,30)(H,27,31)/t19-,20+/m0/s1. The third-order valence-corrected chi connectivity index (χ3v) is 6.14. The van der Waals surface area contributed by atoms with E-state index >= 15 is 0 Å². The third kappa shape index (κ3) is 8.43. The number of aliphatic hydroxyl groups is 1. The number of hydrogen-bond donors (Lipinski definition) is 6. The van der Waals surface area contributed by atoms with E-state index in [1.807, 2.05) is 0 Å². The van der Waals surface area contributed by atoms with Crippen LogP contribution in [0.2, 0.25) is 0 Å². The SMILES string of the molecule is C=CC[C@H](NC(=O)[C@@H](CO)NS(=O)(=O)Cc1ccccc1)C(=O)NCc1ccc(C(=N)N)cc1. The van der Waals surface area contributed by atoms with Crippen LogP contribution in [0.1, 0.15) is 23.1 Å². The quantitative estimate of drug-likeness (QED) is 0.133. The molecule has 0 aliphatic carbocycles. The summed E-state index contributed by atoms with van der Waals surface area (Å²) in [7, 11) is -3.93. The highest BCUT2D eigenvalue weighted by Gasteiger charge is 2.28. The molecule has 2 atom stereocenters. The molecule has 10 nitrogen and oxygen atoms in total. The molecule has 2 rings (SSSR count). The van der Waals surface area contributed by atoms with Crippen molar-refractivity contribution in [1.29, 1.82) is 5.41 Å². The lowest BCUT2D eigenvalue weighted by Crippen LogP contribution is -2.54. The normalized spacial score (nSPS) is 12.9. The molecule has 0 aliphatic rings. The molecule has 0 heterocycles. The molecule has 0 aliphatic heterocycles. The summed E-state index contributed by atoms with van der Waals surface area (Å²) >= 11 is 0. The Morgan fingerprint density at radius 3 is 2.24 bits per heavy atom. The maximum Gasteiger partial charge on any atom is 0.243 e. The van der Waals surface area contributed by atoms with Crippen molar-refractivity contribution in [3.63, 3.8) is 0 Å². The molecule has 0 spiro atoms. The molecule has 7 N–H and O–H groups in total. The number of hydrogen-bond acceptors (Lipinski definition) is 6. The molecule has 34 heavy (non-hydrogen) atoms. The summed E-state index contributed by atoms with van der Waals surface area (Å²) < 4.78 is 27.0. The summed E-state index contributed by atoms with van der Waals surface area (Å²) in [5.74, 6) is -1.78. The fourth-order valence-corrected chi connectivity index (χ4v) is 4.34. The summed E-state index contributed by atoms with van der Waals surface area (Å²) in [4.78, 5) is 25.3. The van der Waals surface area contributed by atoms with Gasteiger partial charge in [-0.3, -0.25) is 15.0 Å². The van der Waals surface area contributed by atoms with Gasteiger partial charge in [-0.25, -0.2) is 13.1 Å². The molecule has 182 valence electrons. The molecular formula is C23H29N5O5S. The highest BCUT2D eigenvalue weighted by atomic mass is 32.2. The van der Waals surface area contributed by atoms with E-state index < -0.39 is 40.5 Å². The van der Waals surface area contributed by atoms with Crippen LogP contribution in [-0.4, -0.2) is 49.9 Å². The van der Waals surface area contributed by atoms with Crippen molar-refractivity contribution in [1.82, 2.24) is 15.4 Å². The van der Waals surface area contributed by atoms with E-state index in [1.165, 1.54) is 6.08 Å². The zero-order valence-electron chi connectivity index (χ0n) is 18.5. The molecule has 0 radical (unpaired) electrons. The first-order chi connectivity index (χ1) is 16.1. The minimum Gasteiger partial charge on any atom is -0.394 e. The van der Waals surface area contributed by atoms with E-state index in [1.54, 1.807) is 54.6 Å². The topological polar surface area (TPSA) is 174 Å². The largest absolute Gasteiger partial charge is 0.394 e. The van der Waals surface area contributed by atoms with Gasteiger partial charge in [-0.05, 0) is 17.5 Å². The summed E-state index contributed by atoms with van der Waals surface area (Å²) in [6.07, 6.45) is 1.54. The van der Waals surface area contributed by atoms with E-state index in [0.717, 1.165) is 5.56 Å². The maximum absolute atomic E-state index is 12.6. The number of amidine groups is 1. The van der Waals surface area contributed by atoms with Crippen molar-refractivity contribution >= 4 is 27.7 Å². The first-order valence-electron chi connectivity index (χ1n) is 10.4. The van der Waals surface area contributed by atoms with E-state index in [0.29, 0.717) is 11.1 Å². The van der Waals surface area contributed by atoms with Crippen LogP contribution in [0.5, 0.6) is 0 Å². The summed E-state index contributed by atoms with van der Waals surface area (Å²) in [6, 6.07) is 12.6. The zero-order valence-corrected chi connectivity index (χ0v) is 19.3. The van der Waals surface area contributed by atoms with Crippen molar-refractivity contribution in [2.75, 3.05) is 6.61 Å². The number of carbonyl (C=O) groups excluding carboxylic acids is 2. The highest BCUT2D eigenvalue weighted by molar-refractivity contribution is 7.88. The molecule has 0 aromatic heterocycles. The van der Waals surface area contributed by atoms with E-state index in [4.69, 9.17) is 11.1 Å². The van der Waals surface area contributed by atoms with Gasteiger partial charge >= 0.3 is 0 Å². The van der Waals surface area contributed by atoms with Crippen LogP contribution in [0.15, 0.2) is 67.3 Å². The van der Waals surface area contributed by atoms with Crippen LogP contribution in [0.25, 0.3) is 0 Å². The molecule has 2 amide bonds. The Hall–Kier alpha value is -3.54. The Morgan fingerprint density at radius 1 is 1.03 bits per heavy atom. The molecule has 2 aromatic carbocycles. The number of benzene rings is 2. The monoisotopic (exact) mass is 487 g/mol. The van der Waals surface area contributed by atoms with Crippen molar-refractivity contribution < 1.29 is 23.1 Å². The van der Waals surface area contributed by atoms with Crippen LogP contribution in [0.4, 0.5) is 0 Å². The van der Waals surface area contributed by atoms with Gasteiger partial charge in [-0.1, -0.05) is 60.7 Å².